The summed E-state index contributed by atoms with van der Waals surface area (Å²) in [7, 11) is 2.11. The van der Waals surface area contributed by atoms with Crippen LogP contribution >= 0.6 is 15.9 Å². The van der Waals surface area contributed by atoms with E-state index in [4.69, 9.17) is 5.11 Å². The van der Waals surface area contributed by atoms with E-state index in [2.05, 4.69) is 33.9 Å². The van der Waals surface area contributed by atoms with Crippen molar-refractivity contribution in [1.82, 2.24) is 0 Å². The molecule has 0 radical (unpaired) electrons. The van der Waals surface area contributed by atoms with Gasteiger partial charge < -0.3 is 10.0 Å². The first-order chi connectivity index (χ1) is 9.58. The van der Waals surface area contributed by atoms with Crippen molar-refractivity contribution in [3.63, 3.8) is 0 Å². The Kier molecular flexibility index (Phi) is 5.24. The molecule has 0 bridgehead atoms. The summed E-state index contributed by atoms with van der Waals surface area (Å²) in [5.74, 6) is -0.917. The minimum atomic E-state index is -0.917. The van der Waals surface area contributed by atoms with Gasteiger partial charge in [0.05, 0.1) is 0 Å². The van der Waals surface area contributed by atoms with Gasteiger partial charge in [0.15, 0.2) is 0 Å². The normalized spacial score (nSPS) is 16.5. The summed E-state index contributed by atoms with van der Waals surface area (Å²) < 4.78 is 1.02. The lowest BCUT2D eigenvalue weighted by atomic mass is 9.93. The van der Waals surface area contributed by atoms with Gasteiger partial charge in [0, 0.05) is 29.3 Å². The zero-order valence-corrected chi connectivity index (χ0v) is 13.3. The second-order valence-corrected chi connectivity index (χ2v) is 6.19. The van der Waals surface area contributed by atoms with Crippen LogP contribution < -0.4 is 4.90 Å². The number of anilines is 1. The Morgan fingerprint density at radius 2 is 2.05 bits per heavy atom. The van der Waals surface area contributed by atoms with Crippen LogP contribution in [0.15, 0.2) is 28.7 Å². The molecule has 0 saturated heterocycles. The second-order valence-electron chi connectivity index (χ2n) is 5.28. The molecule has 1 aromatic carbocycles. The van der Waals surface area contributed by atoms with Crippen molar-refractivity contribution in [1.29, 1.82) is 0 Å². The highest BCUT2D eigenvalue weighted by molar-refractivity contribution is 9.10. The SMILES string of the molecule is CN(c1cc(Br)ccc1/C=C/C(=O)O)C1CCCCC1. The quantitative estimate of drug-likeness (QED) is 0.832. The van der Waals surface area contributed by atoms with Crippen LogP contribution in [0.5, 0.6) is 0 Å². The van der Waals surface area contributed by atoms with Crippen LogP contribution in [0.1, 0.15) is 37.7 Å². The van der Waals surface area contributed by atoms with Crippen molar-refractivity contribution < 1.29 is 9.90 Å². The Morgan fingerprint density at radius 1 is 1.35 bits per heavy atom. The Hall–Kier alpha value is -1.29. The van der Waals surface area contributed by atoms with Crippen LogP contribution in [0.3, 0.4) is 0 Å². The molecule has 1 N–H and O–H groups in total. The Labute approximate surface area is 128 Å². The van der Waals surface area contributed by atoms with Gasteiger partial charge in [0.2, 0.25) is 0 Å². The lowest BCUT2D eigenvalue weighted by Gasteiger charge is -2.34. The standard InChI is InChI=1S/C16H20BrNO2/c1-18(14-5-3-2-4-6-14)15-11-13(17)9-7-12(15)8-10-16(19)20/h7-11,14H,2-6H2,1H3,(H,19,20)/b10-8+. The fraction of sp³-hybridized carbons (Fsp3) is 0.438. The maximum Gasteiger partial charge on any atom is 0.328 e. The number of hydrogen-bond acceptors (Lipinski definition) is 2. The average molecular weight is 338 g/mol. The van der Waals surface area contributed by atoms with E-state index in [0.29, 0.717) is 6.04 Å². The first kappa shape index (κ1) is 15.1. The fourth-order valence-corrected chi connectivity index (χ4v) is 3.14. The highest BCUT2D eigenvalue weighted by Gasteiger charge is 2.19. The van der Waals surface area contributed by atoms with Crippen LogP contribution in [0.4, 0.5) is 5.69 Å². The molecule has 1 saturated carbocycles. The smallest absolute Gasteiger partial charge is 0.328 e. The van der Waals surface area contributed by atoms with E-state index in [-0.39, 0.29) is 0 Å². The lowest BCUT2D eigenvalue weighted by molar-refractivity contribution is -0.131. The molecule has 0 aromatic heterocycles. The second kappa shape index (κ2) is 6.93. The Balaban J connectivity index is 2.27. The molecule has 0 aliphatic heterocycles. The summed E-state index contributed by atoms with van der Waals surface area (Å²) in [6, 6.07) is 6.52. The molecular weight excluding hydrogens is 318 g/mol. The van der Waals surface area contributed by atoms with Crippen molar-refractivity contribution in [2.45, 2.75) is 38.1 Å². The maximum absolute atomic E-state index is 10.7. The average Bonchev–Trinajstić information content (AvgIpc) is 2.46. The summed E-state index contributed by atoms with van der Waals surface area (Å²) in [5.41, 5.74) is 2.03. The van der Waals surface area contributed by atoms with Crippen LogP contribution in [0, 0.1) is 0 Å². The molecule has 4 heteroatoms. The van der Waals surface area contributed by atoms with Crippen molar-refractivity contribution in [3.05, 3.63) is 34.3 Å². The van der Waals surface area contributed by atoms with Crippen molar-refractivity contribution >= 4 is 33.7 Å². The Morgan fingerprint density at radius 3 is 2.70 bits per heavy atom. The monoisotopic (exact) mass is 337 g/mol. The van der Waals surface area contributed by atoms with Crippen molar-refractivity contribution in [2.75, 3.05) is 11.9 Å². The zero-order valence-electron chi connectivity index (χ0n) is 11.7. The summed E-state index contributed by atoms with van der Waals surface area (Å²) in [4.78, 5) is 13.0. The summed E-state index contributed by atoms with van der Waals surface area (Å²) in [5, 5.41) is 8.80. The maximum atomic E-state index is 10.7. The Bertz CT molecular complexity index is 507. The third-order valence-corrected chi connectivity index (χ3v) is 4.39. The number of rotatable bonds is 4. The number of carbonyl (C=O) groups is 1. The van der Waals surface area contributed by atoms with Crippen LogP contribution in [0.25, 0.3) is 6.08 Å². The minimum Gasteiger partial charge on any atom is -0.478 e. The molecule has 1 fully saturated rings. The number of nitrogens with zero attached hydrogens (tertiary/aromatic N) is 1. The predicted octanol–water partition coefficient (Wildman–Crippen LogP) is 4.32. The van der Waals surface area contributed by atoms with E-state index in [9.17, 15) is 4.79 Å². The van der Waals surface area contributed by atoms with E-state index >= 15 is 0 Å². The highest BCUT2D eigenvalue weighted by atomic mass is 79.9. The predicted molar refractivity (Wildman–Crippen MR) is 86.1 cm³/mol. The minimum absolute atomic E-state index is 0.551. The molecule has 1 aliphatic carbocycles. The largest absolute Gasteiger partial charge is 0.478 e. The van der Waals surface area contributed by atoms with Crippen LogP contribution in [0.2, 0.25) is 0 Å². The van der Waals surface area contributed by atoms with Gasteiger partial charge in [-0.25, -0.2) is 4.79 Å². The van der Waals surface area contributed by atoms with Gasteiger partial charge in [-0.15, -0.1) is 0 Å². The molecule has 3 nitrogen and oxygen atoms in total. The molecule has 108 valence electrons. The van der Waals surface area contributed by atoms with E-state index in [1.807, 2.05) is 12.1 Å². The molecule has 0 spiro atoms. The number of carboxylic acids is 1. The lowest BCUT2D eigenvalue weighted by Crippen LogP contribution is -2.33. The van der Waals surface area contributed by atoms with Crippen LogP contribution in [-0.2, 0) is 4.79 Å². The molecule has 0 amide bonds. The number of hydrogen-bond donors (Lipinski definition) is 1. The molecule has 1 aliphatic rings. The number of halogens is 1. The van der Waals surface area contributed by atoms with Gasteiger partial charge in [0.1, 0.15) is 0 Å². The summed E-state index contributed by atoms with van der Waals surface area (Å²) in [6.45, 7) is 0. The molecule has 2 rings (SSSR count). The molecule has 0 unspecified atom stereocenters. The zero-order chi connectivity index (χ0) is 14.5. The first-order valence-electron chi connectivity index (χ1n) is 7.01. The molecule has 1 aromatic rings. The summed E-state index contributed by atoms with van der Waals surface area (Å²) >= 11 is 3.50. The van der Waals surface area contributed by atoms with Gasteiger partial charge in [-0.1, -0.05) is 41.3 Å². The number of aliphatic carboxylic acids is 1. The van der Waals surface area contributed by atoms with Gasteiger partial charge in [-0.3, -0.25) is 0 Å². The van der Waals surface area contributed by atoms with Gasteiger partial charge in [-0.2, -0.15) is 0 Å². The van der Waals surface area contributed by atoms with E-state index in [1.165, 1.54) is 38.2 Å². The third-order valence-electron chi connectivity index (χ3n) is 3.90. The van der Waals surface area contributed by atoms with Crippen molar-refractivity contribution in [3.8, 4) is 0 Å². The van der Waals surface area contributed by atoms with Gasteiger partial charge in [-0.05, 0) is 36.6 Å². The van der Waals surface area contributed by atoms with Crippen LogP contribution in [-0.4, -0.2) is 24.2 Å². The molecular formula is C16H20BrNO2. The van der Waals surface area contributed by atoms with Crippen molar-refractivity contribution in [2.24, 2.45) is 0 Å². The fourth-order valence-electron chi connectivity index (χ4n) is 2.79. The first-order valence-corrected chi connectivity index (χ1v) is 7.80. The van der Waals surface area contributed by atoms with Gasteiger partial charge >= 0.3 is 5.97 Å². The number of benzene rings is 1. The van der Waals surface area contributed by atoms with Gasteiger partial charge in [0.25, 0.3) is 0 Å². The molecule has 0 heterocycles. The topological polar surface area (TPSA) is 40.5 Å². The third kappa shape index (κ3) is 3.85. The van der Waals surface area contributed by atoms with E-state index in [0.717, 1.165) is 15.7 Å². The molecule has 0 atom stereocenters. The van der Waals surface area contributed by atoms with E-state index in [1.54, 1.807) is 6.08 Å². The van der Waals surface area contributed by atoms with E-state index < -0.39 is 5.97 Å². The number of carboxylic acid groups (broad SMARTS) is 1. The summed E-state index contributed by atoms with van der Waals surface area (Å²) in [6.07, 6.45) is 9.18. The molecule has 20 heavy (non-hydrogen) atoms. The highest BCUT2D eigenvalue weighted by Crippen LogP contribution is 2.31.